The molecule has 0 radical (unpaired) electrons. The molecular weight excluding hydrogens is 593 g/mol. The van der Waals surface area contributed by atoms with E-state index in [-0.39, 0.29) is 12.0 Å². The van der Waals surface area contributed by atoms with E-state index in [9.17, 15) is 9.59 Å². The second-order valence-electron chi connectivity index (χ2n) is 12.0. The number of carbonyl (C=O) groups is 2. The summed E-state index contributed by atoms with van der Waals surface area (Å²) in [5.74, 6) is 0.172. The van der Waals surface area contributed by atoms with Crippen LogP contribution in [0.4, 0.5) is 10.5 Å². The van der Waals surface area contributed by atoms with Gasteiger partial charge in [-0.15, -0.1) is 11.8 Å². The summed E-state index contributed by atoms with van der Waals surface area (Å²) in [7, 11) is 1.38. The van der Waals surface area contributed by atoms with Gasteiger partial charge in [-0.3, -0.25) is 0 Å². The number of benzene rings is 5. The van der Waals surface area contributed by atoms with Crippen LogP contribution in [0.5, 0.6) is 0 Å². The standard InChI is InChI=1S/C39H40N2O4S/c1-38(2,3)45-37(43)41-31(26-40-35-25-15-22-32-33(35)23-14-24-34(32)36(42)44-4)27-46-39(28-16-8-5-9-17-28,29-18-10-6-11-19-29)30-20-12-7-13-21-30/h5-25,31,40H,26-27H2,1-4H3,(H,41,43)/t31-/m1/s1. The van der Waals surface area contributed by atoms with Crippen LogP contribution in [0.1, 0.15) is 47.8 Å². The molecule has 0 aliphatic carbocycles. The van der Waals surface area contributed by atoms with E-state index in [1.54, 1.807) is 17.8 Å². The molecule has 46 heavy (non-hydrogen) atoms. The maximum atomic E-state index is 13.2. The smallest absolute Gasteiger partial charge is 0.407 e. The highest BCUT2D eigenvalue weighted by molar-refractivity contribution is 8.00. The zero-order chi connectivity index (χ0) is 32.6. The summed E-state index contributed by atoms with van der Waals surface area (Å²) in [5, 5.41) is 8.38. The Bertz CT molecular complexity index is 1660. The highest BCUT2D eigenvalue weighted by Crippen LogP contribution is 2.48. The van der Waals surface area contributed by atoms with E-state index < -0.39 is 16.4 Å². The fourth-order valence-electron chi connectivity index (χ4n) is 5.61. The molecule has 1 amide bonds. The SMILES string of the molecule is COC(=O)c1cccc2c(NC[C@H](CSC(c3ccccc3)(c3ccccc3)c3ccccc3)NC(=O)OC(C)(C)C)cccc12. The Morgan fingerprint density at radius 3 is 1.74 bits per heavy atom. The molecule has 0 saturated heterocycles. The molecule has 0 unspecified atom stereocenters. The van der Waals surface area contributed by atoms with Crippen LogP contribution < -0.4 is 10.6 Å². The highest BCUT2D eigenvalue weighted by atomic mass is 32.2. The number of ether oxygens (including phenoxy) is 2. The van der Waals surface area contributed by atoms with Crippen molar-refractivity contribution >= 4 is 40.3 Å². The molecule has 0 saturated carbocycles. The van der Waals surface area contributed by atoms with Gasteiger partial charge in [-0.1, -0.05) is 115 Å². The van der Waals surface area contributed by atoms with Gasteiger partial charge in [-0.2, -0.15) is 0 Å². The van der Waals surface area contributed by atoms with Crippen LogP contribution in [0.15, 0.2) is 127 Å². The van der Waals surface area contributed by atoms with Crippen molar-refractivity contribution in [2.45, 2.75) is 37.2 Å². The van der Waals surface area contributed by atoms with E-state index in [0.717, 1.165) is 33.2 Å². The molecule has 0 aromatic heterocycles. The topological polar surface area (TPSA) is 76.7 Å². The molecule has 6 nitrogen and oxygen atoms in total. The Kier molecular flexibility index (Phi) is 10.3. The molecule has 0 spiro atoms. The van der Waals surface area contributed by atoms with Gasteiger partial charge in [-0.25, -0.2) is 9.59 Å². The Labute approximate surface area is 275 Å². The molecule has 7 heteroatoms. The number of amides is 1. The minimum absolute atomic E-state index is 0.325. The molecular formula is C39H40N2O4S. The zero-order valence-electron chi connectivity index (χ0n) is 26.7. The molecule has 0 heterocycles. The second kappa shape index (κ2) is 14.6. The number of anilines is 1. The van der Waals surface area contributed by atoms with Gasteiger partial charge in [0.15, 0.2) is 0 Å². The van der Waals surface area contributed by atoms with E-state index in [2.05, 4.69) is 83.4 Å². The van der Waals surface area contributed by atoms with Gasteiger partial charge >= 0.3 is 12.1 Å². The molecule has 236 valence electrons. The number of rotatable bonds is 11. The van der Waals surface area contributed by atoms with Crippen LogP contribution in [0, 0.1) is 0 Å². The van der Waals surface area contributed by atoms with Crippen LogP contribution in [-0.2, 0) is 14.2 Å². The predicted molar refractivity (Wildman–Crippen MR) is 189 cm³/mol. The quantitative estimate of drug-likeness (QED) is 0.112. The first-order chi connectivity index (χ1) is 22.2. The largest absolute Gasteiger partial charge is 0.465 e. The lowest BCUT2D eigenvalue weighted by atomic mass is 9.84. The van der Waals surface area contributed by atoms with E-state index in [1.165, 1.54) is 7.11 Å². The van der Waals surface area contributed by atoms with Crippen LogP contribution >= 0.6 is 11.8 Å². The third-order valence-electron chi connectivity index (χ3n) is 7.63. The molecule has 0 bridgehead atoms. The number of fused-ring (bicyclic) bond motifs is 1. The lowest BCUT2D eigenvalue weighted by molar-refractivity contribution is 0.0511. The maximum Gasteiger partial charge on any atom is 0.407 e. The van der Waals surface area contributed by atoms with Crippen molar-refractivity contribution in [3.8, 4) is 0 Å². The van der Waals surface area contributed by atoms with Crippen LogP contribution in [0.2, 0.25) is 0 Å². The molecule has 1 atom stereocenters. The number of hydrogen-bond acceptors (Lipinski definition) is 6. The Hall–Kier alpha value is -4.75. The number of esters is 1. The number of nitrogens with one attached hydrogen (secondary N) is 2. The van der Waals surface area contributed by atoms with Crippen molar-refractivity contribution < 1.29 is 19.1 Å². The Morgan fingerprint density at radius 1 is 0.696 bits per heavy atom. The number of carbonyl (C=O) groups excluding carboxylic acids is 2. The molecule has 0 aliphatic rings. The van der Waals surface area contributed by atoms with Gasteiger partial charge in [-0.05, 0) is 55.0 Å². The molecule has 0 fully saturated rings. The molecule has 5 aromatic rings. The molecule has 5 rings (SSSR count). The van der Waals surface area contributed by atoms with Gasteiger partial charge in [0.25, 0.3) is 0 Å². The fourth-order valence-corrected chi connectivity index (χ4v) is 7.17. The number of methoxy groups -OCH3 is 1. The summed E-state index contributed by atoms with van der Waals surface area (Å²) < 4.78 is 10.2. The maximum absolute atomic E-state index is 13.2. The van der Waals surface area contributed by atoms with E-state index >= 15 is 0 Å². The van der Waals surface area contributed by atoms with Crippen molar-refractivity contribution in [2.75, 3.05) is 24.7 Å². The van der Waals surface area contributed by atoms with Gasteiger partial charge in [0.2, 0.25) is 0 Å². The van der Waals surface area contributed by atoms with Crippen LogP contribution in [0.25, 0.3) is 10.8 Å². The average Bonchev–Trinajstić information content (AvgIpc) is 3.07. The monoisotopic (exact) mass is 632 g/mol. The summed E-state index contributed by atoms with van der Waals surface area (Å²) >= 11 is 1.77. The predicted octanol–water partition coefficient (Wildman–Crippen LogP) is 8.66. The highest BCUT2D eigenvalue weighted by Gasteiger charge is 2.38. The summed E-state index contributed by atoms with van der Waals surface area (Å²) in [4.78, 5) is 25.6. The second-order valence-corrected chi connectivity index (χ2v) is 13.2. The van der Waals surface area contributed by atoms with E-state index in [4.69, 9.17) is 9.47 Å². The minimum atomic E-state index is -0.642. The normalized spacial score (nSPS) is 12.3. The summed E-state index contributed by atoms with van der Waals surface area (Å²) in [6, 6.07) is 42.5. The summed E-state index contributed by atoms with van der Waals surface area (Å²) in [6.45, 7) is 5.99. The van der Waals surface area contributed by atoms with E-state index in [1.807, 2.05) is 69.3 Å². The Morgan fingerprint density at radius 2 is 1.22 bits per heavy atom. The van der Waals surface area contributed by atoms with Crippen LogP contribution in [0.3, 0.4) is 0 Å². The van der Waals surface area contributed by atoms with Gasteiger partial charge < -0.3 is 20.1 Å². The van der Waals surface area contributed by atoms with Gasteiger partial charge in [0.05, 0.1) is 23.5 Å². The number of alkyl carbamates (subject to hydrolysis) is 1. The van der Waals surface area contributed by atoms with Crippen molar-refractivity contribution in [3.63, 3.8) is 0 Å². The lowest BCUT2D eigenvalue weighted by Crippen LogP contribution is -2.45. The van der Waals surface area contributed by atoms with Gasteiger partial charge in [0.1, 0.15) is 5.60 Å². The molecule has 2 N–H and O–H groups in total. The number of thioether (sulfide) groups is 1. The Balaban J connectivity index is 1.51. The average molecular weight is 633 g/mol. The van der Waals surface area contributed by atoms with Gasteiger partial charge in [0, 0.05) is 23.4 Å². The summed E-state index contributed by atoms with van der Waals surface area (Å²) in [5.41, 5.74) is 4.14. The van der Waals surface area contributed by atoms with Crippen molar-refractivity contribution in [3.05, 3.63) is 150 Å². The van der Waals surface area contributed by atoms with Crippen molar-refractivity contribution in [1.82, 2.24) is 5.32 Å². The first-order valence-corrected chi connectivity index (χ1v) is 16.3. The summed E-state index contributed by atoms with van der Waals surface area (Å²) in [6.07, 6.45) is -0.476. The third kappa shape index (κ3) is 7.54. The molecule has 0 aliphatic heterocycles. The van der Waals surface area contributed by atoms with E-state index in [0.29, 0.717) is 17.9 Å². The third-order valence-corrected chi connectivity index (χ3v) is 9.34. The number of hydrogen-bond donors (Lipinski definition) is 2. The fraction of sp³-hybridized carbons (Fsp3) is 0.231. The van der Waals surface area contributed by atoms with Crippen LogP contribution in [-0.4, -0.2) is 43.1 Å². The molecule has 5 aromatic carbocycles. The van der Waals surface area contributed by atoms with Crippen molar-refractivity contribution in [2.24, 2.45) is 0 Å². The zero-order valence-corrected chi connectivity index (χ0v) is 27.5. The minimum Gasteiger partial charge on any atom is -0.465 e. The van der Waals surface area contributed by atoms with Crippen molar-refractivity contribution in [1.29, 1.82) is 0 Å². The first-order valence-electron chi connectivity index (χ1n) is 15.4. The first kappa shape index (κ1) is 32.6. The lowest BCUT2D eigenvalue weighted by Gasteiger charge is -2.37.